The number of hydrogen-bond acceptors (Lipinski definition) is 6. The van der Waals surface area contributed by atoms with Crippen LogP contribution in [0.3, 0.4) is 0 Å². The molecule has 1 unspecified atom stereocenters. The van der Waals surface area contributed by atoms with E-state index in [1.165, 1.54) is 17.6 Å². The molecule has 2 aromatic rings. The Kier molecular flexibility index (Phi) is 5.90. The van der Waals surface area contributed by atoms with Gasteiger partial charge in [-0.1, -0.05) is 0 Å². The summed E-state index contributed by atoms with van der Waals surface area (Å²) in [6.45, 7) is 10.1. The maximum atomic E-state index is 11.8. The molecule has 23 heavy (non-hydrogen) atoms. The smallest absolute Gasteiger partial charge is 0.248 e. The third-order valence-corrected chi connectivity index (χ3v) is 5.15. The minimum Gasteiger partial charge on any atom is -0.372 e. The van der Waals surface area contributed by atoms with Crippen molar-refractivity contribution in [2.75, 3.05) is 31.6 Å². The van der Waals surface area contributed by atoms with Crippen LogP contribution in [0.5, 0.6) is 0 Å². The summed E-state index contributed by atoms with van der Waals surface area (Å²) in [6.07, 6.45) is 1.18. The minimum absolute atomic E-state index is 0.0982. The second-order valence-electron chi connectivity index (χ2n) is 5.41. The summed E-state index contributed by atoms with van der Waals surface area (Å²) in [7, 11) is 1.53. The molecule has 0 aromatic carbocycles. The summed E-state index contributed by atoms with van der Waals surface area (Å²) >= 11 is 1.69. The van der Waals surface area contributed by atoms with Gasteiger partial charge in [-0.3, -0.25) is 4.79 Å². The van der Waals surface area contributed by atoms with E-state index in [0.29, 0.717) is 13.1 Å². The fourth-order valence-electron chi connectivity index (χ4n) is 2.38. The second kappa shape index (κ2) is 7.70. The lowest BCUT2D eigenvalue weighted by Crippen LogP contribution is -2.39. The van der Waals surface area contributed by atoms with Gasteiger partial charge in [0.2, 0.25) is 5.91 Å². The zero-order chi connectivity index (χ0) is 17.0. The van der Waals surface area contributed by atoms with Gasteiger partial charge in [-0.25, -0.2) is 9.97 Å². The highest BCUT2D eigenvalue weighted by atomic mass is 32.1. The lowest BCUT2D eigenvalue weighted by atomic mass is 10.2. The van der Waals surface area contributed by atoms with Crippen LogP contribution in [0.4, 0.5) is 5.82 Å². The van der Waals surface area contributed by atoms with E-state index in [-0.39, 0.29) is 5.91 Å². The second-order valence-corrected chi connectivity index (χ2v) is 6.61. The Hall–Kier alpha value is -1.73. The van der Waals surface area contributed by atoms with Crippen molar-refractivity contribution < 1.29 is 9.53 Å². The first kappa shape index (κ1) is 17.6. The van der Waals surface area contributed by atoms with Crippen LogP contribution in [0.15, 0.2) is 6.33 Å². The number of carbonyl (C=O) groups is 1. The topological polar surface area (TPSA) is 67.4 Å². The Balaban J connectivity index is 2.14. The Morgan fingerprint density at radius 2 is 2.17 bits per heavy atom. The molecule has 0 radical (unpaired) electrons. The molecule has 0 aliphatic carbocycles. The van der Waals surface area contributed by atoms with Crippen LogP contribution >= 0.6 is 11.3 Å². The highest BCUT2D eigenvalue weighted by molar-refractivity contribution is 7.18. The van der Waals surface area contributed by atoms with Crippen LogP contribution < -0.4 is 10.2 Å². The monoisotopic (exact) mass is 336 g/mol. The van der Waals surface area contributed by atoms with E-state index in [9.17, 15) is 4.79 Å². The van der Waals surface area contributed by atoms with Gasteiger partial charge in [-0.05, 0) is 33.3 Å². The number of rotatable bonds is 7. The molecule has 0 bridgehead atoms. The van der Waals surface area contributed by atoms with Crippen LogP contribution in [0, 0.1) is 13.8 Å². The molecule has 126 valence electrons. The molecule has 6 nitrogen and oxygen atoms in total. The van der Waals surface area contributed by atoms with E-state index in [0.717, 1.165) is 22.6 Å². The van der Waals surface area contributed by atoms with Gasteiger partial charge in [0.1, 0.15) is 23.1 Å². The average molecular weight is 336 g/mol. The number of anilines is 1. The SMILES string of the molecule is CCN(CCNC(=O)C(C)OC)c1ncnc2sc(C)c(C)c12. The molecule has 2 rings (SSSR count). The minimum atomic E-state index is -0.433. The Morgan fingerprint density at radius 1 is 1.43 bits per heavy atom. The van der Waals surface area contributed by atoms with E-state index in [1.54, 1.807) is 24.6 Å². The lowest BCUT2D eigenvalue weighted by molar-refractivity contribution is -0.129. The van der Waals surface area contributed by atoms with Crippen LogP contribution in [0.2, 0.25) is 0 Å². The van der Waals surface area contributed by atoms with Crippen molar-refractivity contribution >= 4 is 33.3 Å². The van der Waals surface area contributed by atoms with Crippen molar-refractivity contribution in [1.29, 1.82) is 0 Å². The van der Waals surface area contributed by atoms with Crippen LogP contribution in [-0.4, -0.2) is 48.7 Å². The fourth-order valence-corrected chi connectivity index (χ4v) is 3.37. The lowest BCUT2D eigenvalue weighted by Gasteiger charge is -2.23. The molecular weight excluding hydrogens is 312 g/mol. The molecule has 0 aliphatic heterocycles. The molecular formula is C16H24N4O2S. The number of hydrogen-bond donors (Lipinski definition) is 1. The summed E-state index contributed by atoms with van der Waals surface area (Å²) in [4.78, 5) is 25.1. The van der Waals surface area contributed by atoms with Gasteiger partial charge in [0, 0.05) is 31.6 Å². The predicted molar refractivity (Wildman–Crippen MR) is 94.3 cm³/mol. The number of likely N-dealkylation sites (N-methyl/N-ethyl adjacent to an activating group) is 1. The zero-order valence-corrected chi connectivity index (χ0v) is 15.2. The van der Waals surface area contributed by atoms with Gasteiger partial charge in [-0.2, -0.15) is 0 Å². The van der Waals surface area contributed by atoms with E-state index in [4.69, 9.17) is 4.74 Å². The molecule has 0 spiro atoms. The van der Waals surface area contributed by atoms with Gasteiger partial charge in [0.25, 0.3) is 0 Å². The summed E-state index contributed by atoms with van der Waals surface area (Å²) in [6, 6.07) is 0. The van der Waals surface area contributed by atoms with Crippen molar-refractivity contribution in [2.45, 2.75) is 33.8 Å². The van der Waals surface area contributed by atoms with Crippen LogP contribution in [0.1, 0.15) is 24.3 Å². The molecule has 7 heteroatoms. The van der Waals surface area contributed by atoms with Gasteiger partial charge >= 0.3 is 0 Å². The van der Waals surface area contributed by atoms with Crippen molar-refractivity contribution in [3.63, 3.8) is 0 Å². The number of aryl methyl sites for hydroxylation is 2. The molecule has 1 N–H and O–H groups in total. The average Bonchev–Trinajstić information content (AvgIpc) is 2.85. The van der Waals surface area contributed by atoms with Gasteiger partial charge in [0.05, 0.1) is 5.39 Å². The zero-order valence-electron chi connectivity index (χ0n) is 14.3. The predicted octanol–water partition coefficient (Wildman–Crippen LogP) is 2.29. The van der Waals surface area contributed by atoms with Crippen LogP contribution in [-0.2, 0) is 9.53 Å². The first-order valence-electron chi connectivity index (χ1n) is 7.75. The summed E-state index contributed by atoms with van der Waals surface area (Å²) < 4.78 is 5.01. The number of amides is 1. The fraction of sp³-hybridized carbons (Fsp3) is 0.562. The molecule has 0 saturated carbocycles. The largest absolute Gasteiger partial charge is 0.372 e. The Bertz CT molecular complexity index is 686. The van der Waals surface area contributed by atoms with E-state index in [2.05, 4.69) is 41.0 Å². The summed E-state index contributed by atoms with van der Waals surface area (Å²) in [5.41, 5.74) is 1.23. The molecule has 0 fully saturated rings. The third kappa shape index (κ3) is 3.79. The number of nitrogens with one attached hydrogen (secondary N) is 1. The van der Waals surface area contributed by atoms with Crippen molar-refractivity contribution in [3.8, 4) is 0 Å². The maximum absolute atomic E-state index is 11.8. The quantitative estimate of drug-likeness (QED) is 0.840. The summed E-state index contributed by atoms with van der Waals surface area (Å²) in [5.74, 6) is 0.840. The van der Waals surface area contributed by atoms with E-state index in [1.807, 2.05) is 0 Å². The molecule has 0 aliphatic rings. The molecule has 1 amide bonds. The van der Waals surface area contributed by atoms with E-state index < -0.39 is 6.10 Å². The van der Waals surface area contributed by atoms with Gasteiger partial charge in [-0.15, -0.1) is 11.3 Å². The number of ether oxygens (including phenoxy) is 1. The Morgan fingerprint density at radius 3 is 2.83 bits per heavy atom. The highest BCUT2D eigenvalue weighted by Gasteiger charge is 2.17. The van der Waals surface area contributed by atoms with Gasteiger partial charge < -0.3 is 15.0 Å². The molecule has 2 aromatic heterocycles. The normalized spacial score (nSPS) is 12.4. The Labute approximate surface area is 140 Å². The highest BCUT2D eigenvalue weighted by Crippen LogP contribution is 2.33. The number of fused-ring (bicyclic) bond motifs is 1. The first-order chi connectivity index (χ1) is 11.0. The number of thiophene rings is 1. The number of methoxy groups -OCH3 is 1. The van der Waals surface area contributed by atoms with Crippen molar-refractivity contribution in [2.24, 2.45) is 0 Å². The number of nitrogens with zero attached hydrogens (tertiary/aromatic N) is 3. The first-order valence-corrected chi connectivity index (χ1v) is 8.57. The molecule has 0 saturated heterocycles. The standard InChI is InChI=1S/C16H24N4O2S/c1-6-20(8-7-17-15(21)11(3)22-5)14-13-10(2)12(4)23-16(13)19-9-18-14/h9,11H,6-8H2,1-5H3,(H,17,21). The van der Waals surface area contributed by atoms with Crippen LogP contribution in [0.25, 0.3) is 10.2 Å². The summed E-state index contributed by atoms with van der Waals surface area (Å²) in [5, 5.41) is 4.01. The third-order valence-electron chi connectivity index (χ3n) is 4.03. The van der Waals surface area contributed by atoms with E-state index >= 15 is 0 Å². The maximum Gasteiger partial charge on any atom is 0.248 e. The van der Waals surface area contributed by atoms with Crippen molar-refractivity contribution in [1.82, 2.24) is 15.3 Å². The number of carbonyl (C=O) groups excluding carboxylic acids is 1. The van der Waals surface area contributed by atoms with Gasteiger partial charge in [0.15, 0.2) is 0 Å². The molecule has 2 heterocycles. The molecule has 1 atom stereocenters. The van der Waals surface area contributed by atoms with Crippen molar-refractivity contribution in [3.05, 3.63) is 16.8 Å². The number of aromatic nitrogens is 2.